The second-order valence-corrected chi connectivity index (χ2v) is 4.90. The number of hydrogen-bond donors (Lipinski definition) is 1. The normalized spacial score (nSPS) is 15.4. The van der Waals surface area contributed by atoms with Crippen molar-refractivity contribution in [2.24, 2.45) is 5.73 Å². The summed E-state index contributed by atoms with van der Waals surface area (Å²) < 4.78 is 44.5. The van der Waals surface area contributed by atoms with Crippen LogP contribution in [0.15, 0.2) is 36.7 Å². The third kappa shape index (κ3) is 2.58. The zero-order valence-corrected chi connectivity index (χ0v) is 11.0. The summed E-state index contributed by atoms with van der Waals surface area (Å²) in [5.41, 5.74) is 6.85. The molecule has 1 unspecified atom stereocenters. The van der Waals surface area contributed by atoms with Gasteiger partial charge in [-0.1, -0.05) is 12.1 Å². The Morgan fingerprint density at radius 2 is 2.05 bits per heavy atom. The minimum Gasteiger partial charge on any atom is -0.493 e. The average Bonchev–Trinajstić information content (AvgIpc) is 2.93. The number of halogens is 3. The van der Waals surface area contributed by atoms with Crippen LogP contribution in [0, 0.1) is 0 Å². The summed E-state index contributed by atoms with van der Waals surface area (Å²) >= 11 is 0. The fraction of sp³-hybridized carbons (Fsp3) is 0.267. The molecular formula is C15H13F3N2O. The molecule has 1 atom stereocenters. The van der Waals surface area contributed by atoms with Gasteiger partial charge in [0.1, 0.15) is 5.75 Å². The SMILES string of the molecule is NC(c1ccc2c(c1)CCO2)c1cnccc1C(F)(F)F. The summed E-state index contributed by atoms with van der Waals surface area (Å²) in [6, 6.07) is 5.33. The van der Waals surface area contributed by atoms with Gasteiger partial charge in [-0.05, 0) is 23.3 Å². The molecule has 0 saturated carbocycles. The lowest BCUT2D eigenvalue weighted by Gasteiger charge is -2.18. The summed E-state index contributed by atoms with van der Waals surface area (Å²) in [5.74, 6) is 0.771. The first-order valence-corrected chi connectivity index (χ1v) is 6.49. The molecule has 3 rings (SSSR count). The van der Waals surface area contributed by atoms with Crippen LogP contribution in [0.3, 0.4) is 0 Å². The number of nitrogens with two attached hydrogens (primary N) is 1. The summed E-state index contributed by atoms with van der Waals surface area (Å²) in [6.45, 7) is 0.592. The number of aromatic nitrogens is 1. The highest BCUT2D eigenvalue weighted by molar-refractivity contribution is 5.44. The van der Waals surface area contributed by atoms with E-state index in [-0.39, 0.29) is 5.56 Å². The van der Waals surface area contributed by atoms with Gasteiger partial charge in [-0.15, -0.1) is 0 Å². The van der Waals surface area contributed by atoms with E-state index < -0.39 is 17.8 Å². The van der Waals surface area contributed by atoms with Gasteiger partial charge < -0.3 is 10.5 Å². The highest BCUT2D eigenvalue weighted by Crippen LogP contribution is 2.36. The predicted molar refractivity (Wildman–Crippen MR) is 70.9 cm³/mol. The number of nitrogens with zero attached hydrogens (tertiary/aromatic N) is 1. The Balaban J connectivity index is 2.01. The average molecular weight is 294 g/mol. The molecule has 0 aliphatic carbocycles. The molecule has 2 aromatic rings. The molecule has 6 heteroatoms. The first-order valence-electron chi connectivity index (χ1n) is 6.49. The largest absolute Gasteiger partial charge is 0.493 e. The second-order valence-electron chi connectivity index (χ2n) is 4.90. The number of hydrogen-bond acceptors (Lipinski definition) is 3. The lowest BCUT2D eigenvalue weighted by Crippen LogP contribution is -2.19. The second kappa shape index (κ2) is 5.04. The molecule has 2 N–H and O–H groups in total. The Hall–Kier alpha value is -2.08. The van der Waals surface area contributed by atoms with Crippen LogP contribution in [0.4, 0.5) is 13.2 Å². The van der Waals surface area contributed by atoms with Gasteiger partial charge in [-0.25, -0.2) is 0 Å². The first-order chi connectivity index (χ1) is 9.97. The van der Waals surface area contributed by atoms with Gasteiger partial charge in [-0.2, -0.15) is 13.2 Å². The van der Waals surface area contributed by atoms with Crippen LogP contribution < -0.4 is 10.5 Å². The van der Waals surface area contributed by atoms with Gasteiger partial charge in [0.25, 0.3) is 0 Å². The van der Waals surface area contributed by atoms with Crippen LogP contribution in [0.25, 0.3) is 0 Å². The van der Waals surface area contributed by atoms with Crippen molar-refractivity contribution in [1.82, 2.24) is 4.98 Å². The minimum atomic E-state index is -4.45. The zero-order valence-electron chi connectivity index (χ0n) is 11.0. The molecule has 0 bridgehead atoms. The molecule has 3 nitrogen and oxygen atoms in total. The van der Waals surface area contributed by atoms with E-state index in [1.807, 2.05) is 0 Å². The van der Waals surface area contributed by atoms with Crippen molar-refractivity contribution in [2.45, 2.75) is 18.6 Å². The monoisotopic (exact) mass is 294 g/mol. The molecule has 1 aromatic heterocycles. The fourth-order valence-electron chi connectivity index (χ4n) is 2.49. The van der Waals surface area contributed by atoms with E-state index in [0.717, 1.165) is 30.0 Å². The quantitative estimate of drug-likeness (QED) is 0.926. The van der Waals surface area contributed by atoms with Crippen molar-refractivity contribution in [1.29, 1.82) is 0 Å². The Morgan fingerprint density at radius 3 is 2.81 bits per heavy atom. The van der Waals surface area contributed by atoms with Gasteiger partial charge >= 0.3 is 6.18 Å². The molecule has 21 heavy (non-hydrogen) atoms. The van der Waals surface area contributed by atoms with Crippen molar-refractivity contribution in [3.8, 4) is 5.75 Å². The molecule has 1 aliphatic heterocycles. The molecule has 110 valence electrons. The molecule has 0 amide bonds. The Morgan fingerprint density at radius 1 is 1.24 bits per heavy atom. The van der Waals surface area contributed by atoms with E-state index in [1.165, 1.54) is 6.20 Å². The van der Waals surface area contributed by atoms with Crippen molar-refractivity contribution >= 4 is 0 Å². The maximum Gasteiger partial charge on any atom is 0.416 e. The topological polar surface area (TPSA) is 48.1 Å². The van der Waals surface area contributed by atoms with Crippen LogP contribution in [-0.4, -0.2) is 11.6 Å². The smallest absolute Gasteiger partial charge is 0.416 e. The zero-order chi connectivity index (χ0) is 15.0. The molecule has 2 heterocycles. The van der Waals surface area contributed by atoms with E-state index >= 15 is 0 Å². The third-order valence-electron chi connectivity index (χ3n) is 3.56. The number of pyridine rings is 1. The Labute approximate surface area is 119 Å². The van der Waals surface area contributed by atoms with Crippen LogP contribution in [0.2, 0.25) is 0 Å². The number of rotatable bonds is 2. The van der Waals surface area contributed by atoms with Gasteiger partial charge in [0.2, 0.25) is 0 Å². The first kappa shape index (κ1) is 13.9. The van der Waals surface area contributed by atoms with Crippen molar-refractivity contribution in [2.75, 3.05) is 6.61 Å². The maximum atomic E-state index is 13.0. The number of benzene rings is 1. The molecule has 0 fully saturated rings. The highest BCUT2D eigenvalue weighted by Gasteiger charge is 2.35. The third-order valence-corrected chi connectivity index (χ3v) is 3.56. The lowest BCUT2D eigenvalue weighted by molar-refractivity contribution is -0.138. The van der Waals surface area contributed by atoms with E-state index in [4.69, 9.17) is 10.5 Å². The predicted octanol–water partition coefficient (Wildman–Crippen LogP) is 3.08. The van der Waals surface area contributed by atoms with E-state index in [2.05, 4.69) is 4.98 Å². The molecule has 0 spiro atoms. The Kier molecular flexibility index (Phi) is 3.33. The van der Waals surface area contributed by atoms with Crippen LogP contribution in [0.1, 0.15) is 28.3 Å². The fourth-order valence-corrected chi connectivity index (χ4v) is 2.49. The van der Waals surface area contributed by atoms with Gasteiger partial charge in [0.05, 0.1) is 18.2 Å². The number of fused-ring (bicyclic) bond motifs is 1. The van der Waals surface area contributed by atoms with Crippen LogP contribution in [-0.2, 0) is 12.6 Å². The summed E-state index contributed by atoms with van der Waals surface area (Å²) in [4.78, 5) is 3.77. The summed E-state index contributed by atoms with van der Waals surface area (Å²) in [6.07, 6.45) is -1.41. The summed E-state index contributed by atoms with van der Waals surface area (Å²) in [5, 5.41) is 0. The van der Waals surface area contributed by atoms with Crippen LogP contribution in [0.5, 0.6) is 5.75 Å². The minimum absolute atomic E-state index is 0.0242. The number of alkyl halides is 3. The van der Waals surface area contributed by atoms with E-state index in [1.54, 1.807) is 18.2 Å². The Bertz CT molecular complexity index is 670. The molecule has 0 radical (unpaired) electrons. The van der Waals surface area contributed by atoms with E-state index in [0.29, 0.717) is 12.2 Å². The van der Waals surface area contributed by atoms with Gasteiger partial charge in [0, 0.05) is 24.4 Å². The molecule has 1 aliphatic rings. The molecule has 0 saturated heterocycles. The molecular weight excluding hydrogens is 281 g/mol. The standard InChI is InChI=1S/C15H13F3N2O/c16-15(17,18)12-3-5-20-8-11(12)14(19)10-1-2-13-9(7-10)4-6-21-13/h1-3,5,7-8,14H,4,6,19H2. The van der Waals surface area contributed by atoms with Crippen molar-refractivity contribution in [3.63, 3.8) is 0 Å². The van der Waals surface area contributed by atoms with Gasteiger partial charge in [-0.3, -0.25) is 4.98 Å². The number of ether oxygens (including phenoxy) is 1. The van der Waals surface area contributed by atoms with Gasteiger partial charge in [0.15, 0.2) is 0 Å². The summed E-state index contributed by atoms with van der Waals surface area (Å²) in [7, 11) is 0. The molecule has 1 aromatic carbocycles. The van der Waals surface area contributed by atoms with Crippen molar-refractivity contribution < 1.29 is 17.9 Å². The van der Waals surface area contributed by atoms with E-state index in [9.17, 15) is 13.2 Å². The maximum absolute atomic E-state index is 13.0. The van der Waals surface area contributed by atoms with Crippen LogP contribution >= 0.6 is 0 Å². The highest BCUT2D eigenvalue weighted by atomic mass is 19.4. The van der Waals surface area contributed by atoms with Crippen molar-refractivity contribution in [3.05, 3.63) is 58.9 Å². The lowest BCUT2D eigenvalue weighted by atomic mass is 9.95.